The fraction of sp³-hybridized carbons (Fsp3) is 0.333. The number of carbonyl (C=O) groups is 1. The molecule has 2 aromatic rings. The number of halogens is 3. The van der Waals surface area contributed by atoms with E-state index < -0.39 is 24.4 Å². The van der Waals surface area contributed by atoms with Gasteiger partial charge in [-0.25, -0.2) is 4.98 Å². The molecule has 3 rings (SSSR count). The van der Waals surface area contributed by atoms with Crippen molar-refractivity contribution in [3.8, 4) is 0 Å². The summed E-state index contributed by atoms with van der Waals surface area (Å²) >= 11 is 0. The van der Waals surface area contributed by atoms with Crippen molar-refractivity contribution in [3.05, 3.63) is 42.2 Å². The zero-order chi connectivity index (χ0) is 18.2. The molecule has 0 fully saturated rings. The first-order valence-corrected chi connectivity index (χ1v) is 7.28. The molecule has 1 aliphatic rings. The van der Waals surface area contributed by atoms with E-state index in [0.717, 1.165) is 0 Å². The first-order valence-electron chi connectivity index (χ1n) is 7.28. The molecule has 0 saturated carbocycles. The third-order valence-electron chi connectivity index (χ3n) is 3.87. The highest BCUT2D eigenvalue weighted by Crippen LogP contribution is 2.33. The van der Waals surface area contributed by atoms with Gasteiger partial charge in [0.05, 0.1) is 18.1 Å². The Morgan fingerprint density at radius 2 is 2.16 bits per heavy atom. The summed E-state index contributed by atoms with van der Waals surface area (Å²) in [4.78, 5) is 26.8. The number of imidazole rings is 1. The van der Waals surface area contributed by atoms with E-state index in [-0.39, 0.29) is 17.4 Å². The fourth-order valence-corrected chi connectivity index (χ4v) is 2.45. The van der Waals surface area contributed by atoms with Crippen LogP contribution in [0, 0.1) is 0 Å². The van der Waals surface area contributed by atoms with Gasteiger partial charge in [0.1, 0.15) is 5.69 Å². The highest BCUT2D eigenvalue weighted by Gasteiger charge is 2.43. The lowest BCUT2D eigenvalue weighted by atomic mass is 10.1. The Morgan fingerprint density at radius 1 is 1.40 bits per heavy atom. The third kappa shape index (κ3) is 3.19. The summed E-state index contributed by atoms with van der Waals surface area (Å²) < 4.78 is 39.4. The van der Waals surface area contributed by atoms with E-state index in [1.807, 2.05) is 0 Å². The molecule has 0 aliphatic carbocycles. The van der Waals surface area contributed by atoms with Gasteiger partial charge < -0.3 is 14.3 Å². The van der Waals surface area contributed by atoms with Crippen molar-refractivity contribution in [2.45, 2.75) is 18.7 Å². The molecule has 7 nitrogen and oxygen atoms in total. The van der Waals surface area contributed by atoms with Crippen LogP contribution in [0.25, 0.3) is 0 Å². The van der Waals surface area contributed by atoms with E-state index in [0.29, 0.717) is 5.69 Å². The average molecular weight is 353 g/mol. The fourth-order valence-electron chi connectivity index (χ4n) is 2.45. The van der Waals surface area contributed by atoms with Gasteiger partial charge in [-0.3, -0.25) is 9.78 Å². The monoisotopic (exact) mass is 353 g/mol. The third-order valence-corrected chi connectivity index (χ3v) is 3.87. The van der Waals surface area contributed by atoms with E-state index in [2.05, 4.69) is 15.1 Å². The summed E-state index contributed by atoms with van der Waals surface area (Å²) in [7, 11) is 3.12. The van der Waals surface area contributed by atoms with Gasteiger partial charge in [-0.1, -0.05) is 5.16 Å². The van der Waals surface area contributed by atoms with Crippen LogP contribution in [-0.2, 0) is 11.9 Å². The normalized spacial score (nSPS) is 17.2. The molecule has 1 unspecified atom stereocenters. The van der Waals surface area contributed by atoms with Crippen molar-refractivity contribution in [1.82, 2.24) is 14.5 Å². The summed E-state index contributed by atoms with van der Waals surface area (Å²) in [5.74, 6) is -0.171. The predicted octanol–water partition coefficient (Wildman–Crippen LogP) is 2.47. The summed E-state index contributed by atoms with van der Waals surface area (Å²) in [6, 6.07) is 3.40. The Hall–Kier alpha value is -2.91. The molecule has 1 atom stereocenters. The van der Waals surface area contributed by atoms with E-state index in [4.69, 9.17) is 4.84 Å². The van der Waals surface area contributed by atoms with Crippen molar-refractivity contribution < 1.29 is 22.8 Å². The van der Waals surface area contributed by atoms with Crippen molar-refractivity contribution in [2.24, 2.45) is 12.2 Å². The summed E-state index contributed by atoms with van der Waals surface area (Å²) in [5.41, 5.74) is -0.207. The van der Waals surface area contributed by atoms with E-state index in [1.165, 1.54) is 21.9 Å². The van der Waals surface area contributed by atoms with Crippen LogP contribution in [-0.4, -0.2) is 39.4 Å². The minimum atomic E-state index is -4.54. The van der Waals surface area contributed by atoms with Gasteiger partial charge in [0.15, 0.2) is 17.6 Å². The highest BCUT2D eigenvalue weighted by molar-refractivity contribution is 6.04. The van der Waals surface area contributed by atoms with Gasteiger partial charge in [0, 0.05) is 26.7 Å². The Balaban J connectivity index is 1.79. The zero-order valence-electron chi connectivity index (χ0n) is 13.4. The minimum absolute atomic E-state index is 0.200. The SMILES string of the molecule is CN(C(=O)c1cnc(C2CC(C(F)(F)F)=NO2)n1C)c1cccnc1. The number of carbonyl (C=O) groups excluding carboxylic acids is 1. The number of pyridine rings is 1. The lowest BCUT2D eigenvalue weighted by Crippen LogP contribution is -2.28. The maximum absolute atomic E-state index is 12.7. The molecule has 0 N–H and O–H groups in total. The van der Waals surface area contributed by atoms with Gasteiger partial charge >= 0.3 is 6.18 Å². The zero-order valence-corrected chi connectivity index (χ0v) is 13.4. The molecule has 1 aliphatic heterocycles. The second-order valence-electron chi connectivity index (χ2n) is 5.47. The van der Waals surface area contributed by atoms with E-state index in [1.54, 1.807) is 32.4 Å². The number of nitrogens with zero attached hydrogens (tertiary/aromatic N) is 5. The molecule has 0 saturated heterocycles. The Kier molecular flexibility index (Phi) is 4.19. The molecule has 1 amide bonds. The van der Waals surface area contributed by atoms with Crippen molar-refractivity contribution in [2.75, 3.05) is 11.9 Å². The lowest BCUT2D eigenvalue weighted by molar-refractivity contribution is -0.0604. The smallest absolute Gasteiger partial charge is 0.384 e. The first-order chi connectivity index (χ1) is 11.8. The maximum atomic E-state index is 12.7. The molecule has 0 bridgehead atoms. The Labute approximate surface area is 140 Å². The van der Waals surface area contributed by atoms with Gasteiger partial charge in [0.2, 0.25) is 0 Å². The van der Waals surface area contributed by atoms with Crippen LogP contribution in [0.4, 0.5) is 18.9 Å². The quantitative estimate of drug-likeness (QED) is 0.850. The molecule has 132 valence electrons. The second-order valence-corrected chi connectivity index (χ2v) is 5.47. The van der Waals surface area contributed by atoms with Crippen LogP contribution in [0.5, 0.6) is 0 Å². The van der Waals surface area contributed by atoms with Crippen molar-refractivity contribution >= 4 is 17.3 Å². The lowest BCUT2D eigenvalue weighted by Gasteiger charge is -2.17. The summed E-state index contributed by atoms with van der Waals surface area (Å²) in [6.45, 7) is 0. The number of anilines is 1. The van der Waals surface area contributed by atoms with Gasteiger partial charge in [-0.15, -0.1) is 0 Å². The summed E-state index contributed by atoms with van der Waals surface area (Å²) in [5, 5.41) is 3.08. The van der Waals surface area contributed by atoms with Crippen LogP contribution < -0.4 is 4.90 Å². The number of amides is 1. The molecular weight excluding hydrogens is 339 g/mol. The topological polar surface area (TPSA) is 72.6 Å². The Morgan fingerprint density at radius 3 is 2.76 bits per heavy atom. The highest BCUT2D eigenvalue weighted by atomic mass is 19.4. The van der Waals surface area contributed by atoms with Gasteiger partial charge in [-0.05, 0) is 12.1 Å². The van der Waals surface area contributed by atoms with E-state index in [9.17, 15) is 18.0 Å². The molecule has 25 heavy (non-hydrogen) atoms. The molecule has 0 radical (unpaired) electrons. The first kappa shape index (κ1) is 16.9. The number of oxime groups is 1. The van der Waals surface area contributed by atoms with Crippen LogP contribution in [0.2, 0.25) is 0 Å². The molecule has 0 spiro atoms. The van der Waals surface area contributed by atoms with Crippen LogP contribution in [0.1, 0.15) is 28.8 Å². The van der Waals surface area contributed by atoms with Crippen molar-refractivity contribution in [1.29, 1.82) is 0 Å². The van der Waals surface area contributed by atoms with Crippen molar-refractivity contribution in [3.63, 3.8) is 0 Å². The molecule has 10 heteroatoms. The second kappa shape index (κ2) is 6.19. The molecular formula is C15H14F3N5O2. The number of alkyl halides is 3. The Bertz CT molecular complexity index is 816. The van der Waals surface area contributed by atoms with Gasteiger partial charge in [-0.2, -0.15) is 13.2 Å². The number of rotatable bonds is 3. The average Bonchev–Trinajstić information content (AvgIpc) is 3.20. The number of aromatic nitrogens is 3. The summed E-state index contributed by atoms with van der Waals surface area (Å²) in [6.07, 6.45) is -1.55. The molecule has 0 aromatic carbocycles. The minimum Gasteiger partial charge on any atom is -0.384 e. The molecule has 3 heterocycles. The number of hydrogen-bond acceptors (Lipinski definition) is 5. The number of hydrogen-bond donors (Lipinski definition) is 0. The predicted molar refractivity (Wildman–Crippen MR) is 82.1 cm³/mol. The van der Waals surface area contributed by atoms with E-state index >= 15 is 0 Å². The van der Waals surface area contributed by atoms with Crippen LogP contribution >= 0.6 is 0 Å². The van der Waals surface area contributed by atoms with Crippen LogP contribution in [0.15, 0.2) is 35.9 Å². The van der Waals surface area contributed by atoms with Gasteiger partial charge in [0.25, 0.3) is 5.91 Å². The molecule has 2 aromatic heterocycles. The van der Waals surface area contributed by atoms with Crippen LogP contribution in [0.3, 0.4) is 0 Å². The maximum Gasteiger partial charge on any atom is 0.432 e. The largest absolute Gasteiger partial charge is 0.432 e. The standard InChI is InChI=1S/C15H14F3N5O2/c1-22(9-4-3-5-19-7-9)14(24)10-8-20-13(23(10)2)11-6-12(21-25-11)15(16,17)18/h3-5,7-8,11H,6H2,1-2H3.